The minimum Gasteiger partial charge on any atom is -0.377 e. The van der Waals surface area contributed by atoms with Crippen molar-refractivity contribution in [3.63, 3.8) is 0 Å². The first-order valence-electron chi connectivity index (χ1n) is 6.90. The summed E-state index contributed by atoms with van der Waals surface area (Å²) in [5.41, 5.74) is 9.64. The zero-order valence-corrected chi connectivity index (χ0v) is 11.5. The summed E-state index contributed by atoms with van der Waals surface area (Å²) < 4.78 is 5.57. The minimum atomic E-state index is 0.512. The van der Waals surface area contributed by atoms with Crippen LogP contribution in [-0.4, -0.2) is 32.3 Å². The minimum absolute atomic E-state index is 0.512. The number of nitrogens with two attached hydrogens (primary N) is 1. The number of benzene rings is 1. The number of morpholine rings is 1. The van der Waals surface area contributed by atoms with Gasteiger partial charge < -0.3 is 15.4 Å². The van der Waals surface area contributed by atoms with Crippen molar-refractivity contribution in [3.8, 4) is 0 Å². The molecule has 1 heterocycles. The third-order valence-corrected chi connectivity index (χ3v) is 3.70. The van der Waals surface area contributed by atoms with Gasteiger partial charge in [-0.05, 0) is 43.5 Å². The van der Waals surface area contributed by atoms with Gasteiger partial charge in [-0.15, -0.1) is 0 Å². The topological polar surface area (TPSA) is 38.5 Å². The summed E-state index contributed by atoms with van der Waals surface area (Å²) in [4.78, 5) is 2.49. The average Bonchev–Trinajstić information content (AvgIpc) is 2.39. The van der Waals surface area contributed by atoms with E-state index in [1.165, 1.54) is 16.8 Å². The van der Waals surface area contributed by atoms with Gasteiger partial charge in [-0.25, -0.2) is 0 Å². The quantitative estimate of drug-likeness (QED) is 0.887. The van der Waals surface area contributed by atoms with Crippen LogP contribution in [0.5, 0.6) is 0 Å². The van der Waals surface area contributed by atoms with Crippen molar-refractivity contribution in [2.24, 2.45) is 5.73 Å². The van der Waals surface area contributed by atoms with Gasteiger partial charge in [0.1, 0.15) is 0 Å². The molecule has 18 heavy (non-hydrogen) atoms. The molecule has 0 aromatic heterocycles. The molecule has 100 valence electrons. The molecule has 0 spiro atoms. The summed E-state index contributed by atoms with van der Waals surface area (Å²) >= 11 is 0. The lowest BCUT2D eigenvalue weighted by atomic mass is 10.0. The lowest BCUT2D eigenvalue weighted by Gasteiger charge is -2.38. The molecule has 3 heteroatoms. The Hall–Kier alpha value is -1.06. The molecule has 1 aromatic rings. The van der Waals surface area contributed by atoms with Crippen molar-refractivity contribution >= 4 is 5.69 Å². The Morgan fingerprint density at radius 2 is 2.28 bits per heavy atom. The SMILES string of the molecule is CCC1COCCN1c1ccc(CCN)cc1C. The standard InChI is InChI=1S/C15H24N2O/c1-3-14-11-18-9-8-17(14)15-5-4-13(6-7-16)10-12(15)2/h4-5,10,14H,3,6-9,11,16H2,1-2H3. The molecule has 1 unspecified atom stereocenters. The van der Waals surface area contributed by atoms with Crippen LogP contribution in [0, 0.1) is 6.92 Å². The second kappa shape index (κ2) is 6.21. The summed E-state index contributed by atoms with van der Waals surface area (Å²) in [6.07, 6.45) is 2.09. The number of anilines is 1. The van der Waals surface area contributed by atoms with E-state index < -0.39 is 0 Å². The van der Waals surface area contributed by atoms with Gasteiger partial charge in [0.15, 0.2) is 0 Å². The molecule has 2 N–H and O–H groups in total. The number of rotatable bonds is 4. The van der Waals surface area contributed by atoms with E-state index >= 15 is 0 Å². The van der Waals surface area contributed by atoms with Crippen LogP contribution in [0.3, 0.4) is 0 Å². The van der Waals surface area contributed by atoms with Gasteiger partial charge in [-0.2, -0.15) is 0 Å². The van der Waals surface area contributed by atoms with E-state index in [2.05, 4.69) is 36.9 Å². The molecule has 3 nitrogen and oxygen atoms in total. The maximum Gasteiger partial charge on any atom is 0.0670 e. The molecule has 0 amide bonds. The first kappa shape index (κ1) is 13.4. The lowest BCUT2D eigenvalue weighted by Crippen LogP contribution is -2.45. The molecule has 0 aliphatic carbocycles. The van der Waals surface area contributed by atoms with Gasteiger partial charge in [0.05, 0.1) is 19.3 Å². The van der Waals surface area contributed by atoms with Gasteiger partial charge in [0.25, 0.3) is 0 Å². The van der Waals surface area contributed by atoms with E-state index in [0.29, 0.717) is 12.6 Å². The third kappa shape index (κ3) is 2.85. The number of hydrogen-bond acceptors (Lipinski definition) is 3. The number of ether oxygens (including phenoxy) is 1. The molecule has 1 saturated heterocycles. The summed E-state index contributed by atoms with van der Waals surface area (Å²) in [5.74, 6) is 0. The van der Waals surface area contributed by atoms with Gasteiger partial charge in [0.2, 0.25) is 0 Å². The van der Waals surface area contributed by atoms with E-state index in [9.17, 15) is 0 Å². The first-order chi connectivity index (χ1) is 8.76. The molecule has 0 radical (unpaired) electrons. The van der Waals surface area contributed by atoms with Crippen molar-refractivity contribution in [2.45, 2.75) is 32.7 Å². The predicted octanol–water partition coefficient (Wildman–Crippen LogP) is 2.11. The smallest absolute Gasteiger partial charge is 0.0670 e. The Morgan fingerprint density at radius 3 is 2.94 bits per heavy atom. The van der Waals surface area contributed by atoms with Crippen LogP contribution in [-0.2, 0) is 11.2 Å². The second-order valence-electron chi connectivity index (χ2n) is 4.99. The van der Waals surface area contributed by atoms with Crippen LogP contribution >= 0.6 is 0 Å². The molecule has 1 aromatic carbocycles. The maximum atomic E-state index is 5.61. The van der Waals surface area contributed by atoms with Crippen molar-refractivity contribution in [1.29, 1.82) is 0 Å². The number of aryl methyl sites for hydroxylation is 1. The predicted molar refractivity (Wildman–Crippen MR) is 76.2 cm³/mol. The fourth-order valence-electron chi connectivity index (χ4n) is 2.67. The van der Waals surface area contributed by atoms with Crippen LogP contribution in [0.2, 0.25) is 0 Å². The summed E-state index contributed by atoms with van der Waals surface area (Å²) in [6.45, 7) is 7.81. The fourth-order valence-corrected chi connectivity index (χ4v) is 2.67. The van der Waals surface area contributed by atoms with Crippen LogP contribution in [0.15, 0.2) is 18.2 Å². The Morgan fingerprint density at radius 1 is 1.44 bits per heavy atom. The molecule has 0 bridgehead atoms. The van der Waals surface area contributed by atoms with Crippen molar-refractivity contribution in [2.75, 3.05) is 31.2 Å². The Balaban J connectivity index is 2.21. The average molecular weight is 248 g/mol. The van der Waals surface area contributed by atoms with Gasteiger partial charge in [0, 0.05) is 12.2 Å². The monoisotopic (exact) mass is 248 g/mol. The van der Waals surface area contributed by atoms with E-state index in [4.69, 9.17) is 10.5 Å². The third-order valence-electron chi connectivity index (χ3n) is 3.70. The normalized spacial score (nSPS) is 20.2. The highest BCUT2D eigenvalue weighted by Crippen LogP contribution is 2.26. The molecule has 2 rings (SSSR count). The largest absolute Gasteiger partial charge is 0.377 e. The molecule has 1 fully saturated rings. The van der Waals surface area contributed by atoms with Crippen LogP contribution in [0.4, 0.5) is 5.69 Å². The maximum absolute atomic E-state index is 5.61. The summed E-state index contributed by atoms with van der Waals surface area (Å²) in [6, 6.07) is 7.23. The van der Waals surface area contributed by atoms with E-state index in [1.807, 2.05) is 0 Å². The summed E-state index contributed by atoms with van der Waals surface area (Å²) in [5, 5.41) is 0. The van der Waals surface area contributed by atoms with Crippen molar-refractivity contribution in [3.05, 3.63) is 29.3 Å². The van der Waals surface area contributed by atoms with E-state index in [-0.39, 0.29) is 0 Å². The fraction of sp³-hybridized carbons (Fsp3) is 0.600. The Labute approximate surface area is 110 Å². The Bertz CT molecular complexity index is 392. The molecule has 0 saturated carbocycles. The zero-order chi connectivity index (χ0) is 13.0. The Kier molecular flexibility index (Phi) is 4.61. The van der Waals surface area contributed by atoms with Crippen LogP contribution in [0.1, 0.15) is 24.5 Å². The first-order valence-corrected chi connectivity index (χ1v) is 6.90. The highest BCUT2D eigenvalue weighted by molar-refractivity contribution is 5.55. The van der Waals surface area contributed by atoms with Crippen molar-refractivity contribution < 1.29 is 4.74 Å². The number of hydrogen-bond donors (Lipinski definition) is 1. The highest BCUT2D eigenvalue weighted by Gasteiger charge is 2.22. The molecule has 1 atom stereocenters. The van der Waals surface area contributed by atoms with Crippen molar-refractivity contribution in [1.82, 2.24) is 0 Å². The van der Waals surface area contributed by atoms with Crippen LogP contribution < -0.4 is 10.6 Å². The molecule has 1 aliphatic rings. The van der Waals surface area contributed by atoms with Gasteiger partial charge >= 0.3 is 0 Å². The van der Waals surface area contributed by atoms with E-state index in [1.54, 1.807) is 0 Å². The highest BCUT2D eigenvalue weighted by atomic mass is 16.5. The second-order valence-corrected chi connectivity index (χ2v) is 4.99. The van der Waals surface area contributed by atoms with E-state index in [0.717, 1.165) is 32.6 Å². The number of nitrogens with zero attached hydrogens (tertiary/aromatic N) is 1. The molecular weight excluding hydrogens is 224 g/mol. The summed E-state index contributed by atoms with van der Waals surface area (Å²) in [7, 11) is 0. The molecular formula is C15H24N2O. The van der Waals surface area contributed by atoms with Gasteiger partial charge in [-0.3, -0.25) is 0 Å². The van der Waals surface area contributed by atoms with Gasteiger partial charge in [-0.1, -0.05) is 19.1 Å². The van der Waals surface area contributed by atoms with Crippen LogP contribution in [0.25, 0.3) is 0 Å². The molecule has 1 aliphatic heterocycles. The zero-order valence-electron chi connectivity index (χ0n) is 11.5. The lowest BCUT2D eigenvalue weighted by molar-refractivity contribution is 0.0929.